The van der Waals surface area contributed by atoms with Gasteiger partial charge in [0.25, 0.3) is 0 Å². The van der Waals surface area contributed by atoms with Gasteiger partial charge in [-0.3, -0.25) is 0 Å². The normalized spacial score (nSPS) is 18.3. The molecule has 2 aromatic heterocycles. The first kappa shape index (κ1) is 13.2. The number of hydrogen-bond acceptors (Lipinski definition) is 2. The van der Waals surface area contributed by atoms with Gasteiger partial charge in [0.2, 0.25) is 0 Å². The third-order valence-electron chi connectivity index (χ3n) is 4.10. The summed E-state index contributed by atoms with van der Waals surface area (Å²) < 4.78 is 2.17. The van der Waals surface area contributed by atoms with Crippen LogP contribution in [0, 0.1) is 5.41 Å². The van der Waals surface area contributed by atoms with Gasteiger partial charge in [0.1, 0.15) is 11.3 Å². The molecule has 19 heavy (non-hydrogen) atoms. The van der Waals surface area contributed by atoms with Crippen molar-refractivity contribution in [1.29, 1.82) is 0 Å². The van der Waals surface area contributed by atoms with E-state index in [1.807, 2.05) is 6.07 Å². The van der Waals surface area contributed by atoms with Gasteiger partial charge in [0, 0.05) is 12.7 Å². The molecule has 2 heterocycles. The number of imidazole rings is 1. The number of fused-ring (bicyclic) bond motifs is 1. The van der Waals surface area contributed by atoms with Gasteiger partial charge in [-0.1, -0.05) is 31.4 Å². The van der Waals surface area contributed by atoms with E-state index in [-0.39, 0.29) is 0 Å². The van der Waals surface area contributed by atoms with E-state index in [0.29, 0.717) is 16.3 Å². The van der Waals surface area contributed by atoms with Crippen LogP contribution in [-0.4, -0.2) is 14.5 Å². The molecule has 0 bridgehead atoms. The summed E-state index contributed by atoms with van der Waals surface area (Å²) in [5.41, 5.74) is 2.08. The van der Waals surface area contributed by atoms with Crippen molar-refractivity contribution in [2.45, 2.75) is 45.0 Å². The van der Waals surface area contributed by atoms with E-state index in [1.165, 1.54) is 25.7 Å². The van der Waals surface area contributed by atoms with Crippen molar-refractivity contribution < 1.29 is 0 Å². The summed E-state index contributed by atoms with van der Waals surface area (Å²) in [5, 5.41) is 0.616. The molecule has 0 spiro atoms. The van der Waals surface area contributed by atoms with E-state index in [9.17, 15) is 0 Å². The van der Waals surface area contributed by atoms with Crippen LogP contribution in [0.1, 0.15) is 38.4 Å². The fraction of sp³-hybridized carbons (Fsp3) is 0.571. The number of aromatic nitrogens is 3. The summed E-state index contributed by atoms with van der Waals surface area (Å²) in [6.45, 7) is 3.29. The van der Waals surface area contributed by atoms with E-state index < -0.39 is 0 Å². The number of rotatable bonds is 3. The van der Waals surface area contributed by atoms with Gasteiger partial charge in [-0.25, -0.2) is 9.97 Å². The first-order chi connectivity index (χ1) is 9.11. The molecule has 0 aliphatic heterocycles. The number of pyridine rings is 1. The number of alkyl halides is 1. The number of hydrogen-bond donors (Lipinski definition) is 0. The molecule has 5 heteroatoms. The van der Waals surface area contributed by atoms with Gasteiger partial charge in [-0.2, -0.15) is 0 Å². The fourth-order valence-corrected chi connectivity index (χ4v) is 3.43. The van der Waals surface area contributed by atoms with Crippen LogP contribution in [0.15, 0.2) is 12.3 Å². The highest BCUT2D eigenvalue weighted by molar-refractivity contribution is 6.31. The zero-order valence-corrected chi connectivity index (χ0v) is 12.5. The first-order valence-corrected chi connectivity index (χ1v) is 7.59. The molecule has 0 aromatic carbocycles. The topological polar surface area (TPSA) is 30.7 Å². The summed E-state index contributed by atoms with van der Waals surface area (Å²) in [5.74, 6) is 1.30. The van der Waals surface area contributed by atoms with Crippen molar-refractivity contribution in [2.75, 3.05) is 0 Å². The van der Waals surface area contributed by atoms with Crippen molar-refractivity contribution in [3.05, 3.63) is 23.1 Å². The van der Waals surface area contributed by atoms with Gasteiger partial charge in [0.05, 0.1) is 10.9 Å². The fourth-order valence-electron chi connectivity index (χ4n) is 3.07. The lowest BCUT2D eigenvalue weighted by atomic mass is 9.89. The molecule has 2 aromatic rings. The summed E-state index contributed by atoms with van der Waals surface area (Å²) in [7, 11) is 0. The monoisotopic (exact) mass is 297 g/mol. The molecule has 0 radical (unpaired) electrons. The lowest BCUT2D eigenvalue weighted by molar-refractivity contribution is 0.282. The Morgan fingerprint density at radius 1 is 1.37 bits per heavy atom. The quantitative estimate of drug-likeness (QED) is 0.786. The Morgan fingerprint density at radius 3 is 2.79 bits per heavy atom. The second kappa shape index (κ2) is 4.95. The largest absolute Gasteiger partial charge is 0.311 e. The van der Waals surface area contributed by atoms with Gasteiger partial charge in [-0.15, -0.1) is 11.6 Å². The SMILES string of the molecule is CC1(Cn2c(CCl)nc3cc(Cl)cnc32)CCCC1. The van der Waals surface area contributed by atoms with Gasteiger partial charge in [0.15, 0.2) is 5.65 Å². The van der Waals surface area contributed by atoms with E-state index in [1.54, 1.807) is 6.20 Å². The van der Waals surface area contributed by atoms with Crippen LogP contribution in [0.5, 0.6) is 0 Å². The minimum atomic E-state index is 0.343. The molecule has 0 atom stereocenters. The molecule has 0 N–H and O–H groups in total. The van der Waals surface area contributed by atoms with Crippen LogP contribution < -0.4 is 0 Å². The van der Waals surface area contributed by atoms with E-state index >= 15 is 0 Å². The zero-order chi connectivity index (χ0) is 13.5. The van der Waals surface area contributed by atoms with Crippen LogP contribution in [0.4, 0.5) is 0 Å². The summed E-state index contributed by atoms with van der Waals surface area (Å²) in [6.07, 6.45) is 6.85. The van der Waals surface area contributed by atoms with Crippen LogP contribution in [0.25, 0.3) is 11.2 Å². The van der Waals surface area contributed by atoms with Crippen LogP contribution in [-0.2, 0) is 12.4 Å². The van der Waals surface area contributed by atoms with Crippen molar-refractivity contribution in [3.8, 4) is 0 Å². The molecule has 0 saturated heterocycles. The van der Waals surface area contributed by atoms with Crippen molar-refractivity contribution in [3.63, 3.8) is 0 Å². The van der Waals surface area contributed by atoms with Gasteiger partial charge >= 0.3 is 0 Å². The van der Waals surface area contributed by atoms with E-state index in [4.69, 9.17) is 23.2 Å². The zero-order valence-electron chi connectivity index (χ0n) is 11.0. The van der Waals surface area contributed by atoms with Gasteiger partial charge in [-0.05, 0) is 24.3 Å². The second-order valence-corrected chi connectivity index (χ2v) is 6.47. The minimum absolute atomic E-state index is 0.343. The Bertz CT molecular complexity index is 600. The Labute approximate surface area is 122 Å². The predicted molar refractivity (Wildman–Crippen MR) is 78.7 cm³/mol. The molecular weight excluding hydrogens is 281 g/mol. The smallest absolute Gasteiger partial charge is 0.160 e. The first-order valence-electron chi connectivity index (χ1n) is 6.68. The van der Waals surface area contributed by atoms with Crippen molar-refractivity contribution in [1.82, 2.24) is 14.5 Å². The number of halogens is 2. The maximum atomic E-state index is 6.03. The molecular formula is C14H17Cl2N3. The average molecular weight is 298 g/mol. The average Bonchev–Trinajstić information content (AvgIpc) is 2.94. The second-order valence-electron chi connectivity index (χ2n) is 5.76. The predicted octanol–water partition coefficient (Wildman–Crippen LogP) is 4.40. The molecule has 102 valence electrons. The summed E-state index contributed by atoms with van der Waals surface area (Å²) in [4.78, 5) is 8.98. The van der Waals surface area contributed by atoms with Gasteiger partial charge < -0.3 is 4.57 Å². The maximum Gasteiger partial charge on any atom is 0.160 e. The van der Waals surface area contributed by atoms with Crippen LogP contribution in [0.2, 0.25) is 5.02 Å². The molecule has 0 unspecified atom stereocenters. The van der Waals surface area contributed by atoms with Crippen LogP contribution in [0.3, 0.4) is 0 Å². The highest BCUT2D eigenvalue weighted by Gasteiger charge is 2.30. The Kier molecular flexibility index (Phi) is 3.44. The molecule has 1 saturated carbocycles. The molecule has 1 aliphatic rings. The molecule has 0 amide bonds. The number of nitrogens with zero attached hydrogens (tertiary/aromatic N) is 3. The molecule has 3 nitrogen and oxygen atoms in total. The highest BCUT2D eigenvalue weighted by Crippen LogP contribution is 2.39. The lowest BCUT2D eigenvalue weighted by Gasteiger charge is -2.25. The Balaban J connectivity index is 2.05. The Morgan fingerprint density at radius 2 is 2.11 bits per heavy atom. The highest BCUT2D eigenvalue weighted by atomic mass is 35.5. The van der Waals surface area contributed by atoms with Crippen LogP contribution >= 0.6 is 23.2 Å². The van der Waals surface area contributed by atoms with E-state index in [2.05, 4.69) is 21.5 Å². The standard InChI is InChI=1S/C14H17Cl2N3/c1-14(4-2-3-5-14)9-19-12(7-15)18-11-6-10(16)8-17-13(11)19/h6,8H,2-5,7,9H2,1H3. The molecule has 1 aliphatic carbocycles. The van der Waals surface area contributed by atoms with Crippen molar-refractivity contribution in [2.24, 2.45) is 5.41 Å². The third kappa shape index (κ3) is 2.46. The summed E-state index contributed by atoms with van der Waals surface area (Å²) >= 11 is 12.0. The Hall–Kier alpha value is -0.800. The molecule has 3 rings (SSSR count). The lowest BCUT2D eigenvalue weighted by Crippen LogP contribution is -2.21. The van der Waals surface area contributed by atoms with Crippen molar-refractivity contribution >= 4 is 34.4 Å². The third-order valence-corrected chi connectivity index (χ3v) is 4.55. The minimum Gasteiger partial charge on any atom is -0.311 e. The van der Waals surface area contributed by atoms with E-state index in [0.717, 1.165) is 23.5 Å². The summed E-state index contributed by atoms with van der Waals surface area (Å²) in [6, 6.07) is 1.85. The maximum absolute atomic E-state index is 6.03. The molecule has 1 fully saturated rings.